The molecule has 0 aliphatic carbocycles. The van der Waals surface area contributed by atoms with Gasteiger partial charge >= 0.3 is 0 Å². The number of hydrogen-bond acceptors (Lipinski definition) is 3. The van der Waals surface area contributed by atoms with Crippen LogP contribution in [0.2, 0.25) is 0 Å². The highest BCUT2D eigenvalue weighted by Crippen LogP contribution is 2.11. The summed E-state index contributed by atoms with van der Waals surface area (Å²) in [5, 5.41) is 7.52. The Morgan fingerprint density at radius 2 is 2.43 bits per heavy atom. The van der Waals surface area contributed by atoms with Gasteiger partial charge in [0.1, 0.15) is 5.84 Å². The van der Waals surface area contributed by atoms with Gasteiger partial charge in [-0.15, -0.1) is 0 Å². The van der Waals surface area contributed by atoms with E-state index in [0.29, 0.717) is 5.92 Å². The third kappa shape index (κ3) is 2.96. The highest BCUT2D eigenvalue weighted by atomic mass is 16.5. The Kier molecular flexibility index (Phi) is 4.35. The van der Waals surface area contributed by atoms with Gasteiger partial charge in [-0.25, -0.2) is 0 Å². The second-order valence-corrected chi connectivity index (χ2v) is 4.05. The standard InChI is InChI=1S/C10H21N3O/c1-3-9(10(11)12)13-4-5-14-7-8(2)6-13/h8-9H,3-7H2,1-2H3,(H3,11,12). The van der Waals surface area contributed by atoms with Crippen LogP contribution in [0.1, 0.15) is 20.3 Å². The van der Waals surface area contributed by atoms with Crippen LogP contribution in [-0.2, 0) is 4.74 Å². The summed E-state index contributed by atoms with van der Waals surface area (Å²) < 4.78 is 5.46. The molecule has 0 aromatic carbocycles. The van der Waals surface area contributed by atoms with Crippen molar-refractivity contribution in [3.63, 3.8) is 0 Å². The van der Waals surface area contributed by atoms with Gasteiger partial charge < -0.3 is 10.5 Å². The number of amidine groups is 1. The summed E-state index contributed by atoms with van der Waals surface area (Å²) in [6.45, 7) is 7.70. The molecule has 1 heterocycles. The third-order valence-corrected chi connectivity index (χ3v) is 2.66. The van der Waals surface area contributed by atoms with Crippen molar-refractivity contribution >= 4 is 5.84 Å². The van der Waals surface area contributed by atoms with Crippen molar-refractivity contribution in [1.29, 1.82) is 5.41 Å². The molecule has 82 valence electrons. The van der Waals surface area contributed by atoms with Gasteiger partial charge in [0.15, 0.2) is 0 Å². The molecule has 1 saturated heterocycles. The van der Waals surface area contributed by atoms with Gasteiger partial charge in [-0.05, 0) is 12.3 Å². The van der Waals surface area contributed by atoms with Crippen molar-refractivity contribution in [3.8, 4) is 0 Å². The first-order chi connectivity index (χ1) is 6.65. The number of nitrogens with two attached hydrogens (primary N) is 1. The van der Waals surface area contributed by atoms with Gasteiger partial charge in [-0.3, -0.25) is 10.3 Å². The van der Waals surface area contributed by atoms with E-state index in [1.165, 1.54) is 0 Å². The van der Waals surface area contributed by atoms with Gasteiger partial charge in [0, 0.05) is 13.1 Å². The first-order valence-corrected chi connectivity index (χ1v) is 5.30. The van der Waals surface area contributed by atoms with Crippen LogP contribution in [-0.4, -0.2) is 43.1 Å². The monoisotopic (exact) mass is 199 g/mol. The Labute approximate surface area is 85.9 Å². The SMILES string of the molecule is CCC(C(=N)N)N1CCOCC(C)C1. The maximum absolute atomic E-state index is 7.52. The Morgan fingerprint density at radius 1 is 1.71 bits per heavy atom. The van der Waals surface area contributed by atoms with E-state index in [4.69, 9.17) is 15.9 Å². The Hall–Kier alpha value is -0.610. The zero-order chi connectivity index (χ0) is 10.6. The highest BCUT2D eigenvalue weighted by molar-refractivity contribution is 5.82. The molecule has 14 heavy (non-hydrogen) atoms. The van der Waals surface area contributed by atoms with Crippen LogP contribution in [0.25, 0.3) is 0 Å². The molecule has 4 nitrogen and oxygen atoms in total. The first kappa shape index (κ1) is 11.5. The Balaban J connectivity index is 2.58. The summed E-state index contributed by atoms with van der Waals surface area (Å²) in [5.41, 5.74) is 5.58. The van der Waals surface area contributed by atoms with Crippen LogP contribution >= 0.6 is 0 Å². The minimum Gasteiger partial charge on any atom is -0.386 e. The molecule has 0 spiro atoms. The number of rotatable bonds is 3. The second kappa shape index (κ2) is 5.32. The molecule has 4 heteroatoms. The molecular formula is C10H21N3O. The van der Waals surface area contributed by atoms with Gasteiger partial charge in [0.25, 0.3) is 0 Å². The normalized spacial score (nSPS) is 26.9. The van der Waals surface area contributed by atoms with E-state index >= 15 is 0 Å². The topological polar surface area (TPSA) is 62.3 Å². The molecule has 2 atom stereocenters. The maximum atomic E-state index is 7.52. The van der Waals surface area contributed by atoms with E-state index in [-0.39, 0.29) is 11.9 Å². The van der Waals surface area contributed by atoms with Crippen LogP contribution in [0.3, 0.4) is 0 Å². The van der Waals surface area contributed by atoms with Crippen LogP contribution in [0.15, 0.2) is 0 Å². The fraction of sp³-hybridized carbons (Fsp3) is 0.900. The van der Waals surface area contributed by atoms with Gasteiger partial charge in [0.2, 0.25) is 0 Å². The van der Waals surface area contributed by atoms with Crippen molar-refractivity contribution < 1.29 is 4.74 Å². The van der Waals surface area contributed by atoms with E-state index in [9.17, 15) is 0 Å². The number of ether oxygens (including phenoxy) is 1. The van der Waals surface area contributed by atoms with Crippen molar-refractivity contribution in [1.82, 2.24) is 4.90 Å². The van der Waals surface area contributed by atoms with Crippen LogP contribution in [0.5, 0.6) is 0 Å². The van der Waals surface area contributed by atoms with Crippen LogP contribution in [0.4, 0.5) is 0 Å². The summed E-state index contributed by atoms with van der Waals surface area (Å²) in [6, 6.07) is 0.0964. The maximum Gasteiger partial charge on any atom is 0.108 e. The van der Waals surface area contributed by atoms with E-state index in [1.54, 1.807) is 0 Å². The number of nitrogens with zero attached hydrogens (tertiary/aromatic N) is 1. The predicted octanol–water partition coefficient (Wildman–Crippen LogP) is 0.669. The average molecular weight is 199 g/mol. The Morgan fingerprint density at radius 3 is 3.00 bits per heavy atom. The smallest absolute Gasteiger partial charge is 0.108 e. The predicted molar refractivity (Wildman–Crippen MR) is 57.5 cm³/mol. The summed E-state index contributed by atoms with van der Waals surface area (Å²) in [7, 11) is 0. The Bertz CT molecular complexity index is 196. The fourth-order valence-corrected chi connectivity index (χ4v) is 1.97. The molecule has 2 unspecified atom stereocenters. The average Bonchev–Trinajstić information content (AvgIpc) is 2.31. The van der Waals surface area contributed by atoms with Gasteiger partial charge in [0.05, 0.1) is 19.3 Å². The molecular weight excluding hydrogens is 178 g/mol. The van der Waals surface area contributed by atoms with Crippen molar-refractivity contribution in [2.75, 3.05) is 26.3 Å². The lowest BCUT2D eigenvalue weighted by Gasteiger charge is -2.29. The van der Waals surface area contributed by atoms with Crippen molar-refractivity contribution in [2.45, 2.75) is 26.3 Å². The van der Waals surface area contributed by atoms with E-state index in [2.05, 4.69) is 18.7 Å². The minimum atomic E-state index is 0.0964. The largest absolute Gasteiger partial charge is 0.386 e. The first-order valence-electron chi connectivity index (χ1n) is 5.30. The minimum absolute atomic E-state index is 0.0964. The quantitative estimate of drug-likeness (QED) is 0.519. The van der Waals surface area contributed by atoms with Crippen LogP contribution in [0, 0.1) is 11.3 Å². The summed E-state index contributed by atoms with van der Waals surface area (Å²) in [5.74, 6) is 0.813. The van der Waals surface area contributed by atoms with Crippen LogP contribution < -0.4 is 5.73 Å². The zero-order valence-electron chi connectivity index (χ0n) is 9.12. The van der Waals surface area contributed by atoms with E-state index in [0.717, 1.165) is 32.7 Å². The summed E-state index contributed by atoms with van der Waals surface area (Å²) >= 11 is 0. The van der Waals surface area contributed by atoms with Gasteiger partial charge in [-0.2, -0.15) is 0 Å². The van der Waals surface area contributed by atoms with E-state index < -0.39 is 0 Å². The third-order valence-electron chi connectivity index (χ3n) is 2.66. The van der Waals surface area contributed by atoms with Crippen molar-refractivity contribution in [2.24, 2.45) is 11.7 Å². The highest BCUT2D eigenvalue weighted by Gasteiger charge is 2.23. The molecule has 1 aliphatic heterocycles. The molecule has 0 saturated carbocycles. The molecule has 0 amide bonds. The zero-order valence-corrected chi connectivity index (χ0v) is 9.12. The molecule has 0 aromatic rings. The lowest BCUT2D eigenvalue weighted by atomic mass is 10.1. The molecule has 1 rings (SSSR count). The molecule has 3 N–H and O–H groups in total. The second-order valence-electron chi connectivity index (χ2n) is 4.05. The lowest BCUT2D eigenvalue weighted by molar-refractivity contribution is 0.125. The van der Waals surface area contributed by atoms with E-state index in [1.807, 2.05) is 0 Å². The molecule has 1 fully saturated rings. The summed E-state index contributed by atoms with van der Waals surface area (Å²) in [4.78, 5) is 2.26. The van der Waals surface area contributed by atoms with Gasteiger partial charge in [-0.1, -0.05) is 13.8 Å². The number of hydrogen-bond donors (Lipinski definition) is 2. The molecule has 0 bridgehead atoms. The van der Waals surface area contributed by atoms with Crippen molar-refractivity contribution in [3.05, 3.63) is 0 Å². The number of nitrogens with one attached hydrogen (secondary N) is 1. The lowest BCUT2D eigenvalue weighted by Crippen LogP contribution is -2.46. The summed E-state index contributed by atoms with van der Waals surface area (Å²) in [6.07, 6.45) is 0.905. The fourth-order valence-electron chi connectivity index (χ4n) is 1.97. The molecule has 0 radical (unpaired) electrons. The molecule has 1 aliphatic rings. The molecule has 0 aromatic heterocycles.